The predicted molar refractivity (Wildman–Crippen MR) is 102 cm³/mol. The topological polar surface area (TPSA) is 53.6 Å². The third-order valence-electron chi connectivity index (χ3n) is 3.28. The molecule has 5 heteroatoms. The molecule has 0 unspecified atom stereocenters. The molecule has 0 fully saturated rings. The molecule has 0 aliphatic heterocycles. The number of nitrogens with two attached hydrogens (primary N) is 1. The van der Waals surface area contributed by atoms with Gasteiger partial charge in [0.1, 0.15) is 0 Å². The molecule has 1 rings (SSSR count). The number of hydrogen-bond acceptors (Lipinski definition) is 2. The molecule has 0 aliphatic rings. The van der Waals surface area contributed by atoms with Crippen LogP contribution in [0.4, 0.5) is 0 Å². The van der Waals surface area contributed by atoms with Crippen molar-refractivity contribution in [3.05, 3.63) is 35.4 Å². The minimum absolute atomic E-state index is 0. The van der Waals surface area contributed by atoms with E-state index in [1.807, 2.05) is 13.8 Å². The Morgan fingerprint density at radius 2 is 1.76 bits per heavy atom. The summed E-state index contributed by atoms with van der Waals surface area (Å²) in [5, 5.41) is 3.11. The molecular formula is C16H29IN4. The zero-order chi connectivity index (χ0) is 15.1. The second-order valence-electron chi connectivity index (χ2n) is 5.78. The van der Waals surface area contributed by atoms with E-state index in [4.69, 9.17) is 5.73 Å². The Hall–Kier alpha value is -0.820. The molecule has 0 bridgehead atoms. The van der Waals surface area contributed by atoms with Crippen molar-refractivity contribution in [2.24, 2.45) is 10.7 Å². The lowest BCUT2D eigenvalue weighted by Gasteiger charge is -2.22. The van der Waals surface area contributed by atoms with E-state index in [9.17, 15) is 0 Å². The third kappa shape index (κ3) is 7.66. The lowest BCUT2D eigenvalue weighted by Crippen LogP contribution is -2.36. The smallest absolute Gasteiger partial charge is 0.189 e. The molecule has 1 aromatic carbocycles. The zero-order valence-corrected chi connectivity index (χ0v) is 16.1. The fourth-order valence-electron chi connectivity index (χ4n) is 1.83. The van der Waals surface area contributed by atoms with Crippen LogP contribution in [0.5, 0.6) is 0 Å². The molecule has 0 aromatic heterocycles. The molecule has 0 amide bonds. The van der Waals surface area contributed by atoms with Gasteiger partial charge in [-0.2, -0.15) is 0 Å². The van der Waals surface area contributed by atoms with Crippen LogP contribution in [0.15, 0.2) is 29.3 Å². The highest BCUT2D eigenvalue weighted by Gasteiger charge is 2.07. The van der Waals surface area contributed by atoms with Gasteiger partial charge in [0.15, 0.2) is 5.96 Å². The maximum Gasteiger partial charge on any atom is 0.189 e. The second-order valence-corrected chi connectivity index (χ2v) is 5.78. The van der Waals surface area contributed by atoms with Crippen molar-refractivity contribution in [3.63, 3.8) is 0 Å². The summed E-state index contributed by atoms with van der Waals surface area (Å²) in [6.07, 6.45) is 0. The van der Waals surface area contributed by atoms with Gasteiger partial charge in [-0.1, -0.05) is 24.3 Å². The Morgan fingerprint density at radius 3 is 2.29 bits per heavy atom. The third-order valence-corrected chi connectivity index (χ3v) is 3.28. The van der Waals surface area contributed by atoms with E-state index in [2.05, 4.69) is 60.4 Å². The van der Waals surface area contributed by atoms with Gasteiger partial charge in [-0.05, 0) is 45.9 Å². The van der Waals surface area contributed by atoms with Crippen molar-refractivity contribution in [3.8, 4) is 0 Å². The van der Waals surface area contributed by atoms with Gasteiger partial charge < -0.3 is 11.1 Å². The first-order chi connectivity index (χ1) is 9.40. The largest absolute Gasteiger partial charge is 0.370 e. The van der Waals surface area contributed by atoms with Gasteiger partial charge in [-0.3, -0.25) is 4.90 Å². The Kier molecular flexibility index (Phi) is 9.61. The highest BCUT2D eigenvalue weighted by molar-refractivity contribution is 14.0. The summed E-state index contributed by atoms with van der Waals surface area (Å²) in [7, 11) is 2.14. The summed E-state index contributed by atoms with van der Waals surface area (Å²) < 4.78 is 0. The average molecular weight is 404 g/mol. The summed E-state index contributed by atoms with van der Waals surface area (Å²) in [4.78, 5) is 6.73. The molecule has 3 N–H and O–H groups in total. The molecule has 4 nitrogen and oxygen atoms in total. The van der Waals surface area contributed by atoms with Crippen LogP contribution < -0.4 is 11.1 Å². The quantitative estimate of drug-likeness (QED) is 0.436. The average Bonchev–Trinajstić information content (AvgIpc) is 2.36. The monoisotopic (exact) mass is 404 g/mol. The molecular weight excluding hydrogens is 375 g/mol. The normalized spacial score (nSPS) is 11.9. The van der Waals surface area contributed by atoms with Gasteiger partial charge in [0, 0.05) is 18.6 Å². The van der Waals surface area contributed by atoms with Gasteiger partial charge in [-0.15, -0.1) is 24.0 Å². The number of nitrogens with zero attached hydrogens (tertiary/aromatic N) is 2. The number of benzene rings is 1. The fourth-order valence-corrected chi connectivity index (χ4v) is 1.83. The molecule has 1 aromatic rings. The number of nitrogens with one attached hydrogen (secondary N) is 1. The molecule has 0 radical (unpaired) electrons. The summed E-state index contributed by atoms with van der Waals surface area (Å²) in [5.41, 5.74) is 8.39. The van der Waals surface area contributed by atoms with Crippen molar-refractivity contribution in [1.29, 1.82) is 0 Å². The highest BCUT2D eigenvalue weighted by atomic mass is 127. The number of rotatable bonds is 6. The highest BCUT2D eigenvalue weighted by Crippen LogP contribution is 2.13. The van der Waals surface area contributed by atoms with E-state index in [1.54, 1.807) is 0 Å². The van der Waals surface area contributed by atoms with Crippen molar-refractivity contribution in [1.82, 2.24) is 10.2 Å². The molecule has 21 heavy (non-hydrogen) atoms. The van der Waals surface area contributed by atoms with E-state index in [0.717, 1.165) is 6.54 Å². The molecule has 0 spiro atoms. The molecule has 0 heterocycles. The lowest BCUT2D eigenvalue weighted by atomic mass is 10.1. The summed E-state index contributed by atoms with van der Waals surface area (Å²) in [6.45, 7) is 10.0. The lowest BCUT2D eigenvalue weighted by molar-refractivity contribution is 0.265. The van der Waals surface area contributed by atoms with Crippen LogP contribution in [0, 0.1) is 0 Å². The van der Waals surface area contributed by atoms with E-state index in [0.29, 0.717) is 24.6 Å². The van der Waals surface area contributed by atoms with Gasteiger partial charge in [0.25, 0.3) is 0 Å². The SMILES string of the molecule is CC(C)NC(N)=NCc1ccccc1CN(C)C(C)C.I. The van der Waals surface area contributed by atoms with Crippen LogP contribution in [0.3, 0.4) is 0 Å². The Balaban J connectivity index is 0.00000400. The van der Waals surface area contributed by atoms with Gasteiger partial charge in [0.05, 0.1) is 6.54 Å². The summed E-state index contributed by atoms with van der Waals surface area (Å²) in [6, 6.07) is 9.24. The number of aliphatic imine (C=N–C) groups is 1. The van der Waals surface area contributed by atoms with Gasteiger partial charge >= 0.3 is 0 Å². The maximum atomic E-state index is 5.85. The van der Waals surface area contributed by atoms with Crippen LogP contribution in [0.2, 0.25) is 0 Å². The van der Waals surface area contributed by atoms with Crippen LogP contribution in [0.25, 0.3) is 0 Å². The van der Waals surface area contributed by atoms with Crippen LogP contribution >= 0.6 is 24.0 Å². The Morgan fingerprint density at radius 1 is 1.19 bits per heavy atom. The van der Waals surface area contributed by atoms with Gasteiger partial charge in [-0.25, -0.2) is 4.99 Å². The van der Waals surface area contributed by atoms with Crippen molar-refractivity contribution in [2.75, 3.05) is 7.05 Å². The molecule has 0 saturated carbocycles. The van der Waals surface area contributed by atoms with Gasteiger partial charge in [0.2, 0.25) is 0 Å². The van der Waals surface area contributed by atoms with Crippen LogP contribution in [0.1, 0.15) is 38.8 Å². The maximum absolute atomic E-state index is 5.85. The minimum Gasteiger partial charge on any atom is -0.370 e. The van der Waals surface area contributed by atoms with Crippen LogP contribution in [-0.4, -0.2) is 30.0 Å². The van der Waals surface area contributed by atoms with Crippen molar-refractivity contribution < 1.29 is 0 Å². The minimum atomic E-state index is 0. The molecule has 0 aliphatic carbocycles. The summed E-state index contributed by atoms with van der Waals surface area (Å²) in [5.74, 6) is 0.506. The van der Waals surface area contributed by atoms with E-state index in [-0.39, 0.29) is 24.0 Å². The molecule has 0 saturated heterocycles. The van der Waals surface area contributed by atoms with Crippen molar-refractivity contribution >= 4 is 29.9 Å². The second kappa shape index (κ2) is 10.00. The van der Waals surface area contributed by atoms with E-state index >= 15 is 0 Å². The van der Waals surface area contributed by atoms with E-state index < -0.39 is 0 Å². The molecule has 0 atom stereocenters. The fraction of sp³-hybridized carbons (Fsp3) is 0.562. The number of halogens is 1. The first kappa shape index (κ1) is 20.2. The zero-order valence-electron chi connectivity index (χ0n) is 13.8. The van der Waals surface area contributed by atoms with E-state index in [1.165, 1.54) is 11.1 Å². The van der Waals surface area contributed by atoms with Crippen molar-refractivity contribution in [2.45, 2.75) is 52.9 Å². The number of guanidine groups is 1. The standard InChI is InChI=1S/C16H28N4.HI/c1-12(2)19-16(17)18-10-14-8-6-7-9-15(14)11-20(5)13(3)4;/h6-9,12-13H,10-11H2,1-5H3,(H3,17,18,19);1H. The van der Waals surface area contributed by atoms with Crippen LogP contribution in [-0.2, 0) is 13.1 Å². The first-order valence-corrected chi connectivity index (χ1v) is 7.23. The first-order valence-electron chi connectivity index (χ1n) is 7.23. The predicted octanol–water partition coefficient (Wildman–Crippen LogP) is 2.96. The Labute approximate surface area is 146 Å². The number of hydrogen-bond donors (Lipinski definition) is 2. The Bertz CT molecular complexity index is 444. The molecule has 120 valence electrons. The summed E-state index contributed by atoms with van der Waals surface area (Å²) >= 11 is 0.